The zero-order valence-electron chi connectivity index (χ0n) is 10.4. The molecule has 0 unspecified atom stereocenters. The highest BCUT2D eigenvalue weighted by Crippen LogP contribution is 2.15. The van der Waals surface area contributed by atoms with Crippen molar-refractivity contribution in [3.8, 4) is 0 Å². The summed E-state index contributed by atoms with van der Waals surface area (Å²) in [7, 11) is 1.92. The van der Waals surface area contributed by atoms with Gasteiger partial charge in [-0.2, -0.15) is 5.10 Å². The summed E-state index contributed by atoms with van der Waals surface area (Å²) < 4.78 is 6.76. The SMILES string of the molecule is Cc1nn(C)c(C)c1CCC(=O)c1ccoc1. The highest BCUT2D eigenvalue weighted by molar-refractivity contribution is 5.95. The van der Waals surface area contributed by atoms with Crippen LogP contribution in [0.3, 0.4) is 0 Å². The van der Waals surface area contributed by atoms with Crippen molar-refractivity contribution >= 4 is 5.78 Å². The summed E-state index contributed by atoms with van der Waals surface area (Å²) >= 11 is 0. The molecule has 0 spiro atoms. The maximum absolute atomic E-state index is 11.8. The summed E-state index contributed by atoms with van der Waals surface area (Å²) in [4.78, 5) is 11.8. The summed E-state index contributed by atoms with van der Waals surface area (Å²) in [5, 5.41) is 4.34. The third kappa shape index (κ3) is 2.30. The van der Waals surface area contributed by atoms with Crippen molar-refractivity contribution < 1.29 is 9.21 Å². The quantitative estimate of drug-likeness (QED) is 0.761. The van der Waals surface area contributed by atoms with Crippen molar-refractivity contribution in [1.82, 2.24) is 9.78 Å². The second-order valence-corrected chi connectivity index (χ2v) is 4.21. The van der Waals surface area contributed by atoms with E-state index in [1.165, 1.54) is 18.1 Å². The van der Waals surface area contributed by atoms with Gasteiger partial charge in [-0.3, -0.25) is 9.48 Å². The first-order valence-electron chi connectivity index (χ1n) is 5.64. The molecule has 4 nitrogen and oxygen atoms in total. The Morgan fingerprint density at radius 3 is 2.76 bits per heavy atom. The lowest BCUT2D eigenvalue weighted by atomic mass is 10.0. The molecule has 0 aliphatic carbocycles. The molecule has 17 heavy (non-hydrogen) atoms. The van der Waals surface area contributed by atoms with Gasteiger partial charge in [-0.1, -0.05) is 0 Å². The van der Waals surface area contributed by atoms with Crippen molar-refractivity contribution in [3.63, 3.8) is 0 Å². The van der Waals surface area contributed by atoms with Crippen LogP contribution in [0, 0.1) is 13.8 Å². The Kier molecular flexibility index (Phi) is 3.13. The minimum Gasteiger partial charge on any atom is -0.472 e. The minimum absolute atomic E-state index is 0.112. The molecule has 0 atom stereocenters. The zero-order chi connectivity index (χ0) is 12.4. The number of aryl methyl sites for hydroxylation is 2. The van der Waals surface area contributed by atoms with E-state index in [0.717, 1.165) is 17.8 Å². The fourth-order valence-electron chi connectivity index (χ4n) is 1.99. The first-order valence-corrected chi connectivity index (χ1v) is 5.64. The van der Waals surface area contributed by atoms with E-state index in [1.54, 1.807) is 6.07 Å². The molecule has 0 saturated heterocycles. The number of hydrogen-bond acceptors (Lipinski definition) is 3. The molecular formula is C13H16N2O2. The van der Waals surface area contributed by atoms with Gasteiger partial charge in [0, 0.05) is 19.2 Å². The van der Waals surface area contributed by atoms with E-state index in [0.29, 0.717) is 12.0 Å². The van der Waals surface area contributed by atoms with Crippen LogP contribution in [-0.2, 0) is 13.5 Å². The lowest BCUT2D eigenvalue weighted by Crippen LogP contribution is -2.01. The molecule has 2 heterocycles. The van der Waals surface area contributed by atoms with Gasteiger partial charge in [0.1, 0.15) is 6.26 Å². The van der Waals surface area contributed by atoms with Crippen LogP contribution in [0.15, 0.2) is 23.0 Å². The maximum atomic E-state index is 11.8. The maximum Gasteiger partial charge on any atom is 0.166 e. The molecule has 0 aliphatic heterocycles. The van der Waals surface area contributed by atoms with Gasteiger partial charge in [-0.15, -0.1) is 0 Å². The van der Waals surface area contributed by atoms with Crippen LogP contribution >= 0.6 is 0 Å². The van der Waals surface area contributed by atoms with Gasteiger partial charge in [0.2, 0.25) is 0 Å². The van der Waals surface area contributed by atoms with E-state index in [1.807, 2.05) is 25.6 Å². The van der Waals surface area contributed by atoms with Gasteiger partial charge in [0.25, 0.3) is 0 Å². The Morgan fingerprint density at radius 2 is 2.24 bits per heavy atom. The van der Waals surface area contributed by atoms with E-state index in [-0.39, 0.29) is 5.78 Å². The average molecular weight is 232 g/mol. The monoisotopic (exact) mass is 232 g/mol. The highest BCUT2D eigenvalue weighted by Gasteiger charge is 2.12. The number of carbonyl (C=O) groups is 1. The number of Topliss-reactive ketones (excluding diaryl/α,β-unsaturated/α-hetero) is 1. The third-order valence-electron chi connectivity index (χ3n) is 3.10. The van der Waals surface area contributed by atoms with Gasteiger partial charge >= 0.3 is 0 Å². The molecule has 0 amide bonds. The Labute approximate surface area is 100 Å². The highest BCUT2D eigenvalue weighted by atomic mass is 16.3. The second-order valence-electron chi connectivity index (χ2n) is 4.21. The molecule has 0 bridgehead atoms. The number of rotatable bonds is 4. The first kappa shape index (κ1) is 11.6. The molecule has 0 aromatic carbocycles. The number of carbonyl (C=O) groups excluding carboxylic acids is 1. The lowest BCUT2D eigenvalue weighted by Gasteiger charge is -2.00. The first-order chi connectivity index (χ1) is 8.09. The molecule has 0 N–H and O–H groups in total. The second kappa shape index (κ2) is 4.57. The summed E-state index contributed by atoms with van der Waals surface area (Å²) in [6.45, 7) is 4.00. The van der Waals surface area contributed by atoms with Crippen LogP contribution in [0.25, 0.3) is 0 Å². The average Bonchev–Trinajstić information content (AvgIpc) is 2.88. The van der Waals surface area contributed by atoms with E-state index in [9.17, 15) is 4.79 Å². The molecular weight excluding hydrogens is 216 g/mol. The standard InChI is InChI=1S/C13H16N2O2/c1-9-12(10(2)15(3)14-9)4-5-13(16)11-6-7-17-8-11/h6-8H,4-5H2,1-3H3. The van der Waals surface area contributed by atoms with Crippen molar-refractivity contribution in [2.24, 2.45) is 7.05 Å². The van der Waals surface area contributed by atoms with Gasteiger partial charge in [-0.05, 0) is 31.9 Å². The number of aromatic nitrogens is 2. The van der Waals surface area contributed by atoms with Gasteiger partial charge in [-0.25, -0.2) is 0 Å². The van der Waals surface area contributed by atoms with Crippen LogP contribution in [0.5, 0.6) is 0 Å². The molecule has 90 valence electrons. The minimum atomic E-state index is 0.112. The van der Waals surface area contributed by atoms with Crippen molar-refractivity contribution in [2.45, 2.75) is 26.7 Å². The number of ketones is 1. The number of hydrogen-bond donors (Lipinski definition) is 0. The Bertz CT molecular complexity index is 524. The fraction of sp³-hybridized carbons (Fsp3) is 0.385. The summed E-state index contributed by atoms with van der Waals surface area (Å²) in [5.74, 6) is 0.112. The van der Waals surface area contributed by atoms with E-state index in [4.69, 9.17) is 4.42 Å². The molecule has 2 aromatic heterocycles. The normalized spacial score (nSPS) is 10.8. The lowest BCUT2D eigenvalue weighted by molar-refractivity contribution is 0.0982. The smallest absolute Gasteiger partial charge is 0.166 e. The van der Waals surface area contributed by atoms with Crippen LogP contribution in [0.4, 0.5) is 0 Å². The molecule has 0 saturated carbocycles. The van der Waals surface area contributed by atoms with Crippen LogP contribution < -0.4 is 0 Å². The molecule has 0 fully saturated rings. The van der Waals surface area contributed by atoms with Crippen LogP contribution in [0.2, 0.25) is 0 Å². The van der Waals surface area contributed by atoms with Gasteiger partial charge in [0.05, 0.1) is 17.5 Å². The van der Waals surface area contributed by atoms with E-state index >= 15 is 0 Å². The molecule has 0 radical (unpaired) electrons. The van der Waals surface area contributed by atoms with Gasteiger partial charge in [0.15, 0.2) is 5.78 Å². The predicted molar refractivity (Wildman–Crippen MR) is 64.0 cm³/mol. The summed E-state index contributed by atoms with van der Waals surface area (Å²) in [6, 6.07) is 1.70. The number of nitrogens with zero attached hydrogens (tertiary/aromatic N) is 2. The molecule has 4 heteroatoms. The zero-order valence-corrected chi connectivity index (χ0v) is 10.4. The fourth-order valence-corrected chi connectivity index (χ4v) is 1.99. The predicted octanol–water partition coefficient (Wildman–Crippen LogP) is 2.45. The van der Waals surface area contributed by atoms with Crippen LogP contribution in [0.1, 0.15) is 33.7 Å². The number of furan rings is 1. The third-order valence-corrected chi connectivity index (χ3v) is 3.10. The molecule has 2 aromatic rings. The van der Waals surface area contributed by atoms with Crippen molar-refractivity contribution in [1.29, 1.82) is 0 Å². The van der Waals surface area contributed by atoms with Gasteiger partial charge < -0.3 is 4.42 Å². The summed E-state index contributed by atoms with van der Waals surface area (Å²) in [6.07, 6.45) is 4.24. The Balaban J connectivity index is 2.05. The van der Waals surface area contributed by atoms with Crippen molar-refractivity contribution in [2.75, 3.05) is 0 Å². The molecule has 0 aliphatic rings. The van der Waals surface area contributed by atoms with Crippen molar-refractivity contribution in [3.05, 3.63) is 41.1 Å². The Morgan fingerprint density at radius 1 is 1.47 bits per heavy atom. The Hall–Kier alpha value is -1.84. The topological polar surface area (TPSA) is 48.0 Å². The van der Waals surface area contributed by atoms with Crippen LogP contribution in [-0.4, -0.2) is 15.6 Å². The summed E-state index contributed by atoms with van der Waals surface area (Å²) in [5.41, 5.74) is 3.95. The van der Waals surface area contributed by atoms with E-state index < -0.39 is 0 Å². The van der Waals surface area contributed by atoms with E-state index in [2.05, 4.69) is 5.10 Å². The molecule has 2 rings (SSSR count). The largest absolute Gasteiger partial charge is 0.472 e.